The maximum Gasteiger partial charge on any atom is 0.126 e. The largest absolute Gasteiger partial charge is 0.399 e. The minimum Gasteiger partial charge on any atom is -0.399 e. The molecule has 0 atom stereocenters. The van der Waals surface area contributed by atoms with E-state index in [1.807, 2.05) is 0 Å². The number of pyridine rings is 1. The second kappa shape index (κ2) is 2.23. The number of anilines is 2. The van der Waals surface area contributed by atoms with Crippen LogP contribution in [0.5, 0.6) is 0 Å². The zero-order valence-electron chi connectivity index (χ0n) is 4.63. The quantitative estimate of drug-likeness (QED) is 0.597. The minimum absolute atomic E-state index is 0.432. The van der Waals surface area contributed by atoms with Crippen LogP contribution in [-0.2, 0) is 0 Å². The minimum atomic E-state index is 0.432. The van der Waals surface area contributed by atoms with Crippen molar-refractivity contribution in [2.24, 2.45) is 0 Å². The third-order valence-corrected chi connectivity index (χ3v) is 1.24. The summed E-state index contributed by atoms with van der Waals surface area (Å²) in [5.74, 6) is 0.432. The molecule has 4 heteroatoms. The lowest BCUT2D eigenvalue weighted by Crippen LogP contribution is -1.93. The fourth-order valence-electron chi connectivity index (χ4n) is 0.538. The van der Waals surface area contributed by atoms with Gasteiger partial charge in [-0.15, -0.1) is 0 Å². The lowest BCUT2D eigenvalue weighted by Gasteiger charge is -1.94. The normalized spacial score (nSPS) is 9.44. The molecule has 0 fully saturated rings. The van der Waals surface area contributed by atoms with Crippen LogP contribution in [0.3, 0.4) is 0 Å². The summed E-state index contributed by atoms with van der Waals surface area (Å²) >= 11 is 3.14. The molecule has 1 aromatic rings. The molecule has 0 aliphatic rings. The third kappa shape index (κ3) is 1.57. The molecule has 4 N–H and O–H groups in total. The van der Waals surface area contributed by atoms with Crippen LogP contribution in [0.2, 0.25) is 0 Å². The summed E-state index contributed by atoms with van der Waals surface area (Å²) in [7, 11) is 0. The highest BCUT2D eigenvalue weighted by molar-refractivity contribution is 9.10. The van der Waals surface area contributed by atoms with E-state index >= 15 is 0 Å². The van der Waals surface area contributed by atoms with Gasteiger partial charge in [0, 0.05) is 11.8 Å². The van der Waals surface area contributed by atoms with Gasteiger partial charge < -0.3 is 11.5 Å². The lowest BCUT2D eigenvalue weighted by atomic mass is 10.4. The topological polar surface area (TPSA) is 64.9 Å². The first kappa shape index (κ1) is 6.35. The third-order valence-electron chi connectivity index (χ3n) is 0.836. The second-order valence-corrected chi connectivity index (χ2v) is 2.46. The Morgan fingerprint density at radius 2 is 2.00 bits per heavy atom. The molecule has 1 rings (SSSR count). The van der Waals surface area contributed by atoms with Crippen molar-refractivity contribution >= 4 is 27.4 Å². The second-order valence-electron chi connectivity index (χ2n) is 1.65. The lowest BCUT2D eigenvalue weighted by molar-refractivity contribution is 1.29. The van der Waals surface area contributed by atoms with E-state index < -0.39 is 0 Å². The average molecular weight is 188 g/mol. The van der Waals surface area contributed by atoms with Crippen LogP contribution >= 0.6 is 15.9 Å². The van der Waals surface area contributed by atoms with Crippen molar-refractivity contribution in [1.82, 2.24) is 4.98 Å². The van der Waals surface area contributed by atoms with E-state index in [2.05, 4.69) is 20.9 Å². The Balaban J connectivity index is 3.17. The Morgan fingerprint density at radius 1 is 1.33 bits per heavy atom. The first-order valence-electron chi connectivity index (χ1n) is 2.37. The monoisotopic (exact) mass is 187 g/mol. The van der Waals surface area contributed by atoms with Gasteiger partial charge in [0.1, 0.15) is 10.4 Å². The summed E-state index contributed by atoms with van der Waals surface area (Å²) in [6.45, 7) is 0. The molecule has 0 aliphatic carbocycles. The molecule has 0 radical (unpaired) electrons. The van der Waals surface area contributed by atoms with E-state index in [0.717, 1.165) is 0 Å². The number of nitrogen functional groups attached to an aromatic ring is 2. The predicted octanol–water partition coefficient (Wildman–Crippen LogP) is 1.01. The van der Waals surface area contributed by atoms with E-state index in [4.69, 9.17) is 11.5 Å². The van der Waals surface area contributed by atoms with Gasteiger partial charge in [0.05, 0.1) is 0 Å². The van der Waals surface area contributed by atoms with Crippen molar-refractivity contribution in [3.63, 3.8) is 0 Å². The summed E-state index contributed by atoms with van der Waals surface area (Å²) in [6.07, 6.45) is 0. The molecule has 0 amide bonds. The first-order valence-corrected chi connectivity index (χ1v) is 3.16. The van der Waals surface area contributed by atoms with Crippen LogP contribution < -0.4 is 11.5 Å². The van der Waals surface area contributed by atoms with Gasteiger partial charge >= 0.3 is 0 Å². The van der Waals surface area contributed by atoms with Crippen molar-refractivity contribution in [2.75, 3.05) is 11.5 Å². The molecule has 0 aliphatic heterocycles. The maximum atomic E-state index is 5.41. The van der Waals surface area contributed by atoms with Crippen molar-refractivity contribution < 1.29 is 0 Å². The predicted molar refractivity (Wildman–Crippen MR) is 40.8 cm³/mol. The van der Waals surface area contributed by atoms with Gasteiger partial charge in [-0.05, 0) is 22.0 Å². The summed E-state index contributed by atoms with van der Waals surface area (Å²) in [4.78, 5) is 3.85. The molecule has 0 saturated heterocycles. The molecular formula is C5H6BrN3. The van der Waals surface area contributed by atoms with Gasteiger partial charge in [-0.2, -0.15) is 0 Å². The van der Waals surface area contributed by atoms with Gasteiger partial charge in [0.15, 0.2) is 0 Å². The summed E-state index contributed by atoms with van der Waals surface area (Å²) in [6, 6.07) is 3.29. The molecule has 0 saturated carbocycles. The average Bonchev–Trinajstić information content (AvgIpc) is 1.59. The van der Waals surface area contributed by atoms with Crippen molar-refractivity contribution in [3.8, 4) is 0 Å². The fourth-order valence-corrected chi connectivity index (χ4v) is 1.01. The summed E-state index contributed by atoms with van der Waals surface area (Å²) in [5, 5.41) is 0. The van der Waals surface area contributed by atoms with E-state index in [9.17, 15) is 0 Å². The zero-order valence-corrected chi connectivity index (χ0v) is 6.22. The number of rotatable bonds is 0. The molecule has 1 aromatic heterocycles. The van der Waals surface area contributed by atoms with Gasteiger partial charge in [-0.3, -0.25) is 0 Å². The Kier molecular flexibility index (Phi) is 1.57. The maximum absolute atomic E-state index is 5.41. The molecular weight excluding hydrogens is 182 g/mol. The molecule has 0 spiro atoms. The Bertz CT molecular complexity index is 173. The summed E-state index contributed by atoms with van der Waals surface area (Å²) < 4.78 is 0.667. The van der Waals surface area contributed by atoms with Crippen LogP contribution in [0.4, 0.5) is 11.5 Å². The number of aromatic nitrogens is 1. The molecule has 0 aromatic carbocycles. The Labute approximate surface area is 61.2 Å². The molecule has 3 nitrogen and oxygen atoms in total. The number of nitrogens with two attached hydrogens (primary N) is 2. The number of halogens is 1. The zero-order chi connectivity index (χ0) is 6.85. The van der Waals surface area contributed by atoms with Crippen LogP contribution in [0.15, 0.2) is 16.7 Å². The molecule has 48 valence electrons. The van der Waals surface area contributed by atoms with E-state index in [1.165, 1.54) is 0 Å². The highest BCUT2D eigenvalue weighted by atomic mass is 79.9. The first-order chi connectivity index (χ1) is 4.18. The molecule has 1 heterocycles. The highest BCUT2D eigenvalue weighted by Gasteiger charge is 1.91. The van der Waals surface area contributed by atoms with Gasteiger partial charge in [-0.1, -0.05) is 0 Å². The van der Waals surface area contributed by atoms with Gasteiger partial charge in [-0.25, -0.2) is 4.98 Å². The van der Waals surface area contributed by atoms with Crippen LogP contribution in [0.25, 0.3) is 0 Å². The fraction of sp³-hybridized carbons (Fsp3) is 0. The number of hydrogen-bond acceptors (Lipinski definition) is 3. The molecule has 0 unspecified atom stereocenters. The SMILES string of the molecule is Nc1cc(N)nc(Br)c1. The van der Waals surface area contributed by atoms with E-state index in [-0.39, 0.29) is 0 Å². The van der Waals surface area contributed by atoms with Gasteiger partial charge in [0.2, 0.25) is 0 Å². The number of nitrogens with zero attached hydrogens (tertiary/aromatic N) is 1. The Morgan fingerprint density at radius 3 is 2.44 bits per heavy atom. The Hall–Kier alpha value is -0.770. The van der Waals surface area contributed by atoms with Crippen LogP contribution in [0.1, 0.15) is 0 Å². The van der Waals surface area contributed by atoms with E-state index in [1.54, 1.807) is 12.1 Å². The molecule has 9 heavy (non-hydrogen) atoms. The van der Waals surface area contributed by atoms with Gasteiger partial charge in [0.25, 0.3) is 0 Å². The smallest absolute Gasteiger partial charge is 0.126 e. The van der Waals surface area contributed by atoms with Crippen molar-refractivity contribution in [1.29, 1.82) is 0 Å². The van der Waals surface area contributed by atoms with Crippen LogP contribution in [0, 0.1) is 0 Å². The van der Waals surface area contributed by atoms with Crippen molar-refractivity contribution in [2.45, 2.75) is 0 Å². The number of hydrogen-bond donors (Lipinski definition) is 2. The molecule has 0 bridgehead atoms. The van der Waals surface area contributed by atoms with Crippen LogP contribution in [-0.4, -0.2) is 4.98 Å². The highest BCUT2D eigenvalue weighted by Crippen LogP contribution is 2.13. The van der Waals surface area contributed by atoms with E-state index in [0.29, 0.717) is 16.1 Å². The summed E-state index contributed by atoms with van der Waals surface area (Å²) in [5.41, 5.74) is 11.4. The van der Waals surface area contributed by atoms with Crippen molar-refractivity contribution in [3.05, 3.63) is 16.7 Å². The standard InChI is InChI=1S/C5H6BrN3/c6-4-1-3(7)2-5(8)9-4/h1-2H,(H4,7,8,9).